The lowest BCUT2D eigenvalue weighted by atomic mass is 10.2. The fourth-order valence-electron chi connectivity index (χ4n) is 3.16. The average molecular weight is 399 g/mol. The number of anilines is 1. The molecule has 1 amide bonds. The molecule has 0 fully saturated rings. The number of carbonyl (C=O) groups is 1. The van der Waals surface area contributed by atoms with Gasteiger partial charge >= 0.3 is 5.69 Å². The number of H-pyrrole nitrogens is 2. The number of hydrogen-bond donors (Lipinski definition) is 2. The number of hydrogen-bond acceptors (Lipinski definition) is 7. The zero-order valence-corrected chi connectivity index (χ0v) is 15.8. The van der Waals surface area contributed by atoms with Crippen LogP contribution in [0.25, 0.3) is 0 Å². The van der Waals surface area contributed by atoms with E-state index in [9.17, 15) is 14.4 Å². The topological polar surface area (TPSA) is 125 Å². The molecule has 10 heteroatoms. The van der Waals surface area contributed by atoms with Crippen LogP contribution in [-0.2, 0) is 17.6 Å². The Labute approximate surface area is 163 Å². The molecule has 0 unspecified atom stereocenters. The van der Waals surface area contributed by atoms with Gasteiger partial charge in [-0.05, 0) is 25.0 Å². The molecule has 28 heavy (non-hydrogen) atoms. The molecule has 0 saturated carbocycles. The van der Waals surface area contributed by atoms with Crippen LogP contribution in [-0.4, -0.2) is 38.4 Å². The number of aryl methyl sites for hydroxylation is 1. The normalized spacial score (nSPS) is 13.0. The van der Waals surface area contributed by atoms with Crippen LogP contribution in [0, 0.1) is 6.92 Å². The quantitative estimate of drug-likeness (QED) is 0.614. The van der Waals surface area contributed by atoms with Gasteiger partial charge in [-0.3, -0.25) is 14.6 Å². The molecule has 0 aliphatic carbocycles. The van der Waals surface area contributed by atoms with Crippen molar-refractivity contribution in [3.8, 4) is 0 Å². The van der Waals surface area contributed by atoms with Gasteiger partial charge in [-0.1, -0.05) is 30.0 Å². The Hall–Kier alpha value is -3.14. The van der Waals surface area contributed by atoms with Crippen molar-refractivity contribution >= 4 is 23.4 Å². The summed E-state index contributed by atoms with van der Waals surface area (Å²) >= 11 is 1.16. The Morgan fingerprint density at radius 2 is 2.07 bits per heavy atom. The lowest BCUT2D eigenvalue weighted by molar-refractivity contribution is -0.116. The first-order valence-corrected chi connectivity index (χ1v) is 9.65. The van der Waals surface area contributed by atoms with Gasteiger partial charge in [-0.15, -0.1) is 10.2 Å². The molecule has 0 spiro atoms. The number of carbonyl (C=O) groups excluding carboxylic acids is 1. The highest BCUT2D eigenvalue weighted by Crippen LogP contribution is 2.28. The first-order valence-electron chi connectivity index (χ1n) is 8.67. The molecule has 4 rings (SSSR count). The van der Waals surface area contributed by atoms with E-state index in [2.05, 4.69) is 20.2 Å². The number of amides is 1. The van der Waals surface area contributed by atoms with Crippen LogP contribution < -0.4 is 16.1 Å². The second-order valence-electron chi connectivity index (χ2n) is 6.36. The Morgan fingerprint density at radius 3 is 2.89 bits per heavy atom. The molecular weight excluding hydrogens is 382 g/mol. The van der Waals surface area contributed by atoms with E-state index < -0.39 is 11.2 Å². The minimum Gasteiger partial charge on any atom is -0.416 e. The fourth-order valence-corrected chi connectivity index (χ4v) is 3.81. The molecule has 144 valence electrons. The number of thioether (sulfide) groups is 1. The molecule has 0 atom stereocenters. The Bertz CT molecular complexity index is 1150. The van der Waals surface area contributed by atoms with E-state index in [4.69, 9.17) is 4.42 Å². The maximum absolute atomic E-state index is 12.5. The summed E-state index contributed by atoms with van der Waals surface area (Å²) in [5.74, 6) is 0.388. The number of aromatic nitrogens is 4. The summed E-state index contributed by atoms with van der Waals surface area (Å²) in [5, 5.41) is 8.10. The van der Waals surface area contributed by atoms with E-state index >= 15 is 0 Å². The number of nitrogens with zero attached hydrogens (tertiary/aromatic N) is 3. The SMILES string of the molecule is Cc1[nH]c(=O)[nH]c(=O)c1Cc1nnc(SCC(=O)N2CCc3ccccc32)o1. The summed E-state index contributed by atoms with van der Waals surface area (Å²) < 4.78 is 5.54. The minimum absolute atomic E-state index is 0.0253. The van der Waals surface area contributed by atoms with Gasteiger partial charge in [0.15, 0.2) is 0 Å². The molecule has 0 bridgehead atoms. The third-order valence-corrected chi connectivity index (χ3v) is 5.34. The van der Waals surface area contributed by atoms with E-state index in [1.807, 2.05) is 24.3 Å². The molecule has 0 radical (unpaired) electrons. The zero-order valence-electron chi connectivity index (χ0n) is 15.0. The summed E-state index contributed by atoms with van der Waals surface area (Å²) in [6, 6.07) is 7.86. The number of fused-ring (bicyclic) bond motifs is 1. The van der Waals surface area contributed by atoms with Crippen molar-refractivity contribution in [1.29, 1.82) is 0 Å². The first kappa shape index (κ1) is 18.2. The molecule has 1 aliphatic heterocycles. The van der Waals surface area contributed by atoms with E-state index in [1.165, 1.54) is 5.56 Å². The lowest BCUT2D eigenvalue weighted by Crippen LogP contribution is -2.30. The molecule has 0 saturated heterocycles. The van der Waals surface area contributed by atoms with Gasteiger partial charge in [0.25, 0.3) is 10.8 Å². The monoisotopic (exact) mass is 399 g/mol. The Balaban J connectivity index is 1.40. The Morgan fingerprint density at radius 1 is 1.25 bits per heavy atom. The van der Waals surface area contributed by atoms with Crippen LogP contribution in [0.4, 0.5) is 5.69 Å². The molecule has 2 N–H and O–H groups in total. The standard InChI is InChI=1S/C18H17N5O4S/c1-10-12(16(25)20-17(26)19-10)8-14-21-22-18(27-14)28-9-15(24)23-7-6-11-4-2-3-5-13(11)23/h2-5H,6-9H2,1H3,(H2,19,20,25,26). The van der Waals surface area contributed by atoms with Gasteiger partial charge in [0.1, 0.15) is 0 Å². The summed E-state index contributed by atoms with van der Waals surface area (Å²) in [7, 11) is 0. The molecule has 1 aliphatic rings. The van der Waals surface area contributed by atoms with Crippen LogP contribution in [0.1, 0.15) is 22.7 Å². The number of benzene rings is 1. The number of aromatic amines is 2. The smallest absolute Gasteiger partial charge is 0.325 e. The van der Waals surface area contributed by atoms with Crippen molar-refractivity contribution in [2.24, 2.45) is 0 Å². The van der Waals surface area contributed by atoms with E-state index in [0.29, 0.717) is 17.8 Å². The molecule has 1 aromatic carbocycles. The lowest BCUT2D eigenvalue weighted by Gasteiger charge is -2.16. The largest absolute Gasteiger partial charge is 0.416 e. The molecule has 2 aromatic heterocycles. The van der Waals surface area contributed by atoms with Gasteiger partial charge in [-0.2, -0.15) is 0 Å². The van der Waals surface area contributed by atoms with Crippen LogP contribution >= 0.6 is 11.8 Å². The van der Waals surface area contributed by atoms with E-state index in [0.717, 1.165) is 23.9 Å². The Kier molecular flexibility index (Phi) is 4.86. The van der Waals surface area contributed by atoms with E-state index in [-0.39, 0.29) is 29.2 Å². The summed E-state index contributed by atoms with van der Waals surface area (Å²) in [4.78, 5) is 42.2. The average Bonchev–Trinajstić information content (AvgIpc) is 3.29. The van der Waals surface area contributed by atoms with Crippen LogP contribution in [0.2, 0.25) is 0 Å². The summed E-state index contributed by atoms with van der Waals surface area (Å²) in [5.41, 5.74) is 1.87. The van der Waals surface area contributed by atoms with Gasteiger partial charge in [-0.25, -0.2) is 4.79 Å². The molecule has 3 heterocycles. The second kappa shape index (κ2) is 7.47. The van der Waals surface area contributed by atoms with Crippen molar-refractivity contribution in [1.82, 2.24) is 20.2 Å². The highest BCUT2D eigenvalue weighted by Gasteiger charge is 2.24. The van der Waals surface area contributed by atoms with Crippen LogP contribution in [0.3, 0.4) is 0 Å². The number of rotatable bonds is 5. The molecule has 3 aromatic rings. The molecular formula is C18H17N5O4S. The predicted octanol–water partition coefficient (Wildman–Crippen LogP) is 1.03. The summed E-state index contributed by atoms with van der Waals surface area (Å²) in [6.45, 7) is 2.30. The van der Waals surface area contributed by atoms with Gasteiger partial charge in [0, 0.05) is 23.5 Å². The highest BCUT2D eigenvalue weighted by molar-refractivity contribution is 7.99. The van der Waals surface area contributed by atoms with Gasteiger partial charge in [0.2, 0.25) is 11.8 Å². The summed E-state index contributed by atoms with van der Waals surface area (Å²) in [6.07, 6.45) is 0.948. The van der Waals surface area contributed by atoms with Crippen molar-refractivity contribution in [3.05, 3.63) is 67.8 Å². The maximum Gasteiger partial charge on any atom is 0.325 e. The van der Waals surface area contributed by atoms with E-state index in [1.54, 1.807) is 11.8 Å². The van der Waals surface area contributed by atoms with Gasteiger partial charge in [0.05, 0.1) is 12.2 Å². The predicted molar refractivity (Wildman–Crippen MR) is 103 cm³/mol. The van der Waals surface area contributed by atoms with Crippen LogP contribution in [0.5, 0.6) is 0 Å². The minimum atomic E-state index is -0.560. The first-order chi connectivity index (χ1) is 13.5. The number of nitrogens with one attached hydrogen (secondary N) is 2. The highest BCUT2D eigenvalue weighted by atomic mass is 32.2. The third-order valence-electron chi connectivity index (χ3n) is 4.54. The zero-order chi connectivity index (χ0) is 19.7. The van der Waals surface area contributed by atoms with Crippen molar-refractivity contribution in [3.63, 3.8) is 0 Å². The van der Waals surface area contributed by atoms with Crippen LogP contribution in [0.15, 0.2) is 43.5 Å². The van der Waals surface area contributed by atoms with Crippen molar-refractivity contribution in [2.75, 3.05) is 17.2 Å². The van der Waals surface area contributed by atoms with Crippen molar-refractivity contribution < 1.29 is 9.21 Å². The third kappa shape index (κ3) is 3.63. The maximum atomic E-state index is 12.5. The fraction of sp³-hybridized carbons (Fsp3) is 0.278. The molecule has 9 nitrogen and oxygen atoms in total. The second-order valence-corrected chi connectivity index (χ2v) is 7.29. The van der Waals surface area contributed by atoms with Gasteiger partial charge < -0.3 is 14.3 Å². The number of para-hydroxylation sites is 1. The van der Waals surface area contributed by atoms with Crippen molar-refractivity contribution in [2.45, 2.75) is 25.0 Å².